The molecule has 6 heteroatoms. The number of aliphatic carboxylic acids is 1. The van der Waals surface area contributed by atoms with Gasteiger partial charge < -0.3 is 15.7 Å². The molecule has 0 aromatic carbocycles. The molecule has 108 valence electrons. The number of unbranched alkanes of at least 4 members (excludes halogenated alkanes) is 3. The topological polar surface area (TPSA) is 101 Å². The predicted molar refractivity (Wildman–Crippen MR) is 69.2 cm³/mol. The highest BCUT2D eigenvalue weighted by molar-refractivity contribution is 5.91. The van der Waals surface area contributed by atoms with Crippen LogP contribution in [-0.2, 0) is 14.4 Å². The predicted octanol–water partition coefficient (Wildman–Crippen LogP) is 0.744. The third kappa shape index (κ3) is 4.22. The minimum atomic E-state index is -1.00. The third-order valence-electron chi connectivity index (χ3n) is 3.55. The van der Waals surface area contributed by atoms with Crippen LogP contribution >= 0.6 is 0 Å². The minimum absolute atomic E-state index is 0.0358. The van der Waals surface area contributed by atoms with E-state index in [2.05, 4.69) is 6.92 Å². The molecule has 1 aliphatic heterocycles. The van der Waals surface area contributed by atoms with E-state index in [0.717, 1.165) is 25.7 Å². The number of likely N-dealkylation sites (tertiary alicyclic amines) is 1. The van der Waals surface area contributed by atoms with Gasteiger partial charge in [0.25, 0.3) is 0 Å². The molecule has 19 heavy (non-hydrogen) atoms. The molecule has 1 heterocycles. The Balaban J connectivity index is 2.59. The van der Waals surface area contributed by atoms with E-state index in [4.69, 9.17) is 5.73 Å². The van der Waals surface area contributed by atoms with Crippen molar-refractivity contribution in [3.05, 3.63) is 0 Å². The highest BCUT2D eigenvalue weighted by Gasteiger charge is 2.39. The van der Waals surface area contributed by atoms with Crippen molar-refractivity contribution in [2.24, 2.45) is 11.7 Å². The first-order valence-corrected chi connectivity index (χ1v) is 6.79. The molecule has 0 saturated carbocycles. The number of amides is 2. The van der Waals surface area contributed by atoms with E-state index in [1.165, 1.54) is 4.90 Å². The standard InChI is InChI=1S/C13H22N2O4/c1-2-3-4-5-6-10(13(18)19)15-8-9(12(14)17)7-11(15)16/h9-10H,2-8H2,1H3,(H2,14,17)(H,18,19). The number of carboxylic acid groups (broad SMARTS) is 1. The SMILES string of the molecule is CCCCCCC(C(=O)O)N1CC(C(N)=O)CC1=O. The summed E-state index contributed by atoms with van der Waals surface area (Å²) in [5.74, 6) is -2.38. The fourth-order valence-corrected chi connectivity index (χ4v) is 2.40. The van der Waals surface area contributed by atoms with Gasteiger partial charge in [-0.3, -0.25) is 9.59 Å². The summed E-state index contributed by atoms with van der Waals surface area (Å²) in [6.45, 7) is 2.22. The molecule has 0 aliphatic carbocycles. The van der Waals surface area contributed by atoms with Crippen molar-refractivity contribution in [2.75, 3.05) is 6.54 Å². The van der Waals surface area contributed by atoms with Gasteiger partial charge in [0, 0.05) is 13.0 Å². The molecule has 1 aliphatic rings. The van der Waals surface area contributed by atoms with Crippen LogP contribution < -0.4 is 5.73 Å². The van der Waals surface area contributed by atoms with E-state index in [-0.39, 0.29) is 18.9 Å². The molecule has 6 nitrogen and oxygen atoms in total. The van der Waals surface area contributed by atoms with Crippen LogP contribution in [0.2, 0.25) is 0 Å². The summed E-state index contributed by atoms with van der Waals surface area (Å²) in [4.78, 5) is 35.4. The molecule has 2 atom stereocenters. The summed E-state index contributed by atoms with van der Waals surface area (Å²) >= 11 is 0. The van der Waals surface area contributed by atoms with Crippen LogP contribution in [0.5, 0.6) is 0 Å². The van der Waals surface area contributed by atoms with Crippen molar-refractivity contribution in [1.29, 1.82) is 0 Å². The summed E-state index contributed by atoms with van der Waals surface area (Å²) in [5.41, 5.74) is 5.17. The lowest BCUT2D eigenvalue weighted by atomic mass is 10.1. The first-order chi connectivity index (χ1) is 8.97. The zero-order valence-electron chi connectivity index (χ0n) is 11.3. The Morgan fingerprint density at radius 1 is 1.42 bits per heavy atom. The second-order valence-corrected chi connectivity index (χ2v) is 5.05. The zero-order valence-corrected chi connectivity index (χ0v) is 11.3. The van der Waals surface area contributed by atoms with Gasteiger partial charge in [-0.2, -0.15) is 0 Å². The lowest BCUT2D eigenvalue weighted by molar-refractivity contribution is -0.148. The molecule has 0 spiro atoms. The zero-order chi connectivity index (χ0) is 14.4. The summed E-state index contributed by atoms with van der Waals surface area (Å²) in [6, 6.07) is -0.825. The molecule has 1 saturated heterocycles. The van der Waals surface area contributed by atoms with Crippen molar-refractivity contribution < 1.29 is 19.5 Å². The van der Waals surface area contributed by atoms with Gasteiger partial charge in [-0.1, -0.05) is 32.6 Å². The number of hydrogen-bond acceptors (Lipinski definition) is 3. The van der Waals surface area contributed by atoms with Crippen molar-refractivity contribution in [3.8, 4) is 0 Å². The van der Waals surface area contributed by atoms with Crippen LogP contribution in [-0.4, -0.2) is 40.4 Å². The molecule has 0 radical (unpaired) electrons. The second kappa shape index (κ2) is 7.11. The Bertz CT molecular complexity index is 357. The Kier molecular flexibility index (Phi) is 5.79. The summed E-state index contributed by atoms with van der Waals surface area (Å²) in [6.07, 6.45) is 4.34. The van der Waals surface area contributed by atoms with Crippen LogP contribution in [0, 0.1) is 5.92 Å². The van der Waals surface area contributed by atoms with Gasteiger partial charge in [0.15, 0.2) is 0 Å². The molecule has 2 amide bonds. The van der Waals surface area contributed by atoms with E-state index in [1.54, 1.807) is 0 Å². The fourth-order valence-electron chi connectivity index (χ4n) is 2.40. The molecule has 2 unspecified atom stereocenters. The molecule has 0 bridgehead atoms. The average molecular weight is 270 g/mol. The lowest BCUT2D eigenvalue weighted by Gasteiger charge is -2.24. The smallest absolute Gasteiger partial charge is 0.326 e. The van der Waals surface area contributed by atoms with Crippen LogP contribution in [0.1, 0.15) is 45.4 Å². The van der Waals surface area contributed by atoms with Gasteiger partial charge in [0.05, 0.1) is 5.92 Å². The van der Waals surface area contributed by atoms with Gasteiger partial charge in [-0.15, -0.1) is 0 Å². The van der Waals surface area contributed by atoms with Crippen LogP contribution in [0.25, 0.3) is 0 Å². The summed E-state index contributed by atoms with van der Waals surface area (Å²) < 4.78 is 0. The van der Waals surface area contributed by atoms with Crippen molar-refractivity contribution >= 4 is 17.8 Å². The number of carbonyl (C=O) groups excluding carboxylic acids is 2. The molecule has 0 aromatic heterocycles. The lowest BCUT2D eigenvalue weighted by Crippen LogP contribution is -2.42. The molecule has 1 fully saturated rings. The molecule has 3 N–H and O–H groups in total. The second-order valence-electron chi connectivity index (χ2n) is 5.05. The van der Waals surface area contributed by atoms with Crippen molar-refractivity contribution in [2.45, 2.75) is 51.5 Å². The van der Waals surface area contributed by atoms with E-state index in [0.29, 0.717) is 6.42 Å². The number of rotatable bonds is 8. The number of carbonyl (C=O) groups is 3. The molecular weight excluding hydrogens is 248 g/mol. The number of carboxylic acids is 1. The first-order valence-electron chi connectivity index (χ1n) is 6.79. The number of nitrogens with zero attached hydrogens (tertiary/aromatic N) is 1. The molecular formula is C13H22N2O4. The molecule has 0 aromatic rings. The molecule has 1 rings (SSSR count). The Morgan fingerprint density at radius 3 is 2.58 bits per heavy atom. The van der Waals surface area contributed by atoms with Crippen LogP contribution in [0.4, 0.5) is 0 Å². The van der Waals surface area contributed by atoms with Gasteiger partial charge >= 0.3 is 5.97 Å². The first kappa shape index (κ1) is 15.5. The minimum Gasteiger partial charge on any atom is -0.480 e. The maximum Gasteiger partial charge on any atom is 0.326 e. The fraction of sp³-hybridized carbons (Fsp3) is 0.769. The van der Waals surface area contributed by atoms with Gasteiger partial charge in [0.1, 0.15) is 6.04 Å². The van der Waals surface area contributed by atoms with E-state index < -0.39 is 23.8 Å². The van der Waals surface area contributed by atoms with E-state index >= 15 is 0 Å². The highest BCUT2D eigenvalue weighted by atomic mass is 16.4. The van der Waals surface area contributed by atoms with E-state index in [9.17, 15) is 19.5 Å². The normalized spacial score (nSPS) is 20.6. The maximum absolute atomic E-state index is 11.8. The van der Waals surface area contributed by atoms with Gasteiger partial charge in [-0.05, 0) is 6.42 Å². The average Bonchev–Trinajstić information content (AvgIpc) is 2.71. The van der Waals surface area contributed by atoms with Crippen molar-refractivity contribution in [1.82, 2.24) is 4.90 Å². The Morgan fingerprint density at radius 2 is 2.11 bits per heavy atom. The monoisotopic (exact) mass is 270 g/mol. The Labute approximate surface area is 112 Å². The number of nitrogens with two attached hydrogens (primary N) is 1. The van der Waals surface area contributed by atoms with Gasteiger partial charge in [0.2, 0.25) is 11.8 Å². The van der Waals surface area contributed by atoms with Crippen LogP contribution in [0.3, 0.4) is 0 Å². The number of hydrogen-bond donors (Lipinski definition) is 2. The third-order valence-corrected chi connectivity index (χ3v) is 3.55. The van der Waals surface area contributed by atoms with Gasteiger partial charge in [-0.25, -0.2) is 4.79 Å². The summed E-state index contributed by atoms with van der Waals surface area (Å²) in [7, 11) is 0. The van der Waals surface area contributed by atoms with E-state index in [1.807, 2.05) is 0 Å². The van der Waals surface area contributed by atoms with Crippen molar-refractivity contribution in [3.63, 3.8) is 0 Å². The van der Waals surface area contributed by atoms with Crippen LogP contribution in [0.15, 0.2) is 0 Å². The number of primary amides is 1. The Hall–Kier alpha value is -1.59. The highest BCUT2D eigenvalue weighted by Crippen LogP contribution is 2.22. The largest absolute Gasteiger partial charge is 0.480 e. The quantitative estimate of drug-likeness (QED) is 0.635. The maximum atomic E-state index is 11.8. The summed E-state index contributed by atoms with van der Waals surface area (Å²) in [5, 5.41) is 9.22.